The van der Waals surface area contributed by atoms with Gasteiger partial charge in [-0.3, -0.25) is 0 Å². The lowest BCUT2D eigenvalue weighted by Crippen LogP contribution is -2.44. The Labute approximate surface area is 432 Å². The number of rotatable bonds is 2. The number of fused-ring (bicyclic) bond motifs is 3. The molecule has 10 heteroatoms. The molecule has 0 aliphatic carbocycles. The first-order valence-electron chi connectivity index (χ1n) is 25.0. The average molecular weight is 1020 g/mol. The van der Waals surface area contributed by atoms with Crippen LogP contribution in [0.3, 0.4) is 0 Å². The highest BCUT2D eigenvalue weighted by Crippen LogP contribution is 2.70. The number of benzene rings is 8. The Morgan fingerprint density at radius 2 is 0.639 bits per heavy atom. The van der Waals surface area contributed by atoms with Gasteiger partial charge in [-0.1, -0.05) is 143 Å². The first-order valence-corrected chi connectivity index (χ1v) is 30.6. The lowest BCUT2D eigenvalue weighted by Gasteiger charge is -2.48. The molecule has 0 bridgehead atoms. The minimum absolute atomic E-state index is 0.0415. The highest BCUT2D eigenvalue weighted by Gasteiger charge is 2.54. The van der Waals surface area contributed by atoms with Gasteiger partial charge in [0.1, 0.15) is 46.0 Å². The van der Waals surface area contributed by atoms with E-state index in [-0.39, 0.29) is 21.7 Å². The lowest BCUT2D eigenvalue weighted by atomic mass is 9.86. The standard InChI is InChI=1S/C62H56N2O4P2S2/c1-59(2,3)33-19-23-37(24-20-33)63-41-15-13-17-43-53(41)69(71)55-45(65-43)27-35(61(7,8)9)29-47(55)67-49-32-40-39(51(63)57(49)69)31-50-58-52(40)64(38-25-21-34(22-26-38)60(4,5)6)42-16-14-18-44-54(42)70(58,72)56-46(66-44)28-36(62(10,11)12)30-48(56)68-50/h13-32H,1-12H3. The van der Waals surface area contributed by atoms with Crippen LogP contribution in [0.15, 0.2) is 121 Å². The zero-order chi connectivity index (χ0) is 50.1. The summed E-state index contributed by atoms with van der Waals surface area (Å²) in [6, 6.07) is 38.7. The molecular formula is C62H56N2O4P2S2. The Bertz CT molecular complexity index is 3670. The third-order valence-corrected chi connectivity index (χ3v) is 25.4. The summed E-state index contributed by atoms with van der Waals surface area (Å²) < 4.78 is 29.0. The fourth-order valence-electron chi connectivity index (χ4n) is 11.9. The average Bonchev–Trinajstić information content (AvgIpc) is 3.30. The molecule has 6 aliphatic rings. The van der Waals surface area contributed by atoms with E-state index in [1.165, 1.54) is 11.1 Å². The molecule has 6 nitrogen and oxygen atoms in total. The third kappa shape index (κ3) is 5.79. The molecule has 0 N–H and O–H groups in total. The van der Waals surface area contributed by atoms with Crippen LogP contribution in [0.25, 0.3) is 10.8 Å². The van der Waals surface area contributed by atoms with Gasteiger partial charge in [0.25, 0.3) is 0 Å². The smallest absolute Gasteiger partial charge is 0.140 e. The Hall–Kier alpha value is -5.88. The third-order valence-electron chi connectivity index (χ3n) is 15.7. The SMILES string of the molecule is CC(C)(C)c1ccc(N2c3cccc4c3P3(=S)c5c(cc(C(C)(C)C)cc5Oc5cc6c7c8c(cc6c2c53)Oc2cc(C(C)(C)C)cc3c2P8(=S)c2c(cccc2N7c2ccc(C(C)(C)C)cc2)O3)O4)cc1. The quantitative estimate of drug-likeness (QED) is 0.159. The van der Waals surface area contributed by atoms with E-state index < -0.39 is 12.1 Å². The summed E-state index contributed by atoms with van der Waals surface area (Å²) in [5.41, 5.74) is 10.4. The first-order chi connectivity index (χ1) is 34.0. The molecule has 0 saturated heterocycles. The van der Waals surface area contributed by atoms with Gasteiger partial charge in [0.2, 0.25) is 0 Å². The summed E-state index contributed by atoms with van der Waals surface area (Å²) in [6.45, 7) is 27.0. The van der Waals surface area contributed by atoms with Crippen molar-refractivity contribution in [1.82, 2.24) is 0 Å². The van der Waals surface area contributed by atoms with Crippen molar-refractivity contribution in [3.63, 3.8) is 0 Å². The maximum atomic E-state index is 7.48. The molecular weight excluding hydrogens is 963 g/mol. The maximum Gasteiger partial charge on any atom is 0.140 e. The largest absolute Gasteiger partial charge is 0.456 e. The molecule has 14 rings (SSSR count). The minimum Gasteiger partial charge on any atom is -0.456 e. The summed E-state index contributed by atoms with van der Waals surface area (Å²) in [4.78, 5) is 4.86. The fourth-order valence-corrected chi connectivity index (χ4v) is 21.9. The molecule has 0 saturated carbocycles. The molecule has 6 aliphatic heterocycles. The van der Waals surface area contributed by atoms with E-state index in [1.807, 2.05) is 0 Å². The molecule has 2 atom stereocenters. The van der Waals surface area contributed by atoms with E-state index in [4.69, 9.17) is 42.6 Å². The highest BCUT2D eigenvalue weighted by atomic mass is 32.4. The molecule has 0 radical (unpaired) electrons. The van der Waals surface area contributed by atoms with Gasteiger partial charge in [-0.2, -0.15) is 0 Å². The molecule has 6 heterocycles. The fraction of sp³-hybridized carbons (Fsp3) is 0.258. The number of hydrogen-bond donors (Lipinski definition) is 0. The van der Waals surface area contributed by atoms with Crippen LogP contribution in [0.5, 0.6) is 46.0 Å². The van der Waals surface area contributed by atoms with Crippen molar-refractivity contribution >= 4 is 112 Å². The van der Waals surface area contributed by atoms with Gasteiger partial charge in [-0.05, 0) is 129 Å². The van der Waals surface area contributed by atoms with E-state index in [1.54, 1.807) is 0 Å². The number of hydrogen-bond acceptors (Lipinski definition) is 8. The van der Waals surface area contributed by atoms with Gasteiger partial charge in [-0.15, -0.1) is 0 Å². The topological polar surface area (TPSA) is 43.4 Å². The van der Waals surface area contributed by atoms with Gasteiger partial charge in [-0.25, -0.2) is 0 Å². The van der Waals surface area contributed by atoms with Gasteiger partial charge in [0.15, 0.2) is 0 Å². The maximum absolute atomic E-state index is 7.48. The van der Waals surface area contributed by atoms with Gasteiger partial charge in [0.05, 0.1) is 66.7 Å². The zero-order valence-electron chi connectivity index (χ0n) is 42.8. The normalized spacial score (nSPS) is 19.2. The van der Waals surface area contributed by atoms with Crippen molar-refractivity contribution in [3.05, 3.63) is 144 Å². The van der Waals surface area contributed by atoms with Crippen molar-refractivity contribution in [2.45, 2.75) is 105 Å². The van der Waals surface area contributed by atoms with Crippen LogP contribution in [0, 0.1) is 0 Å². The van der Waals surface area contributed by atoms with E-state index >= 15 is 0 Å². The number of nitrogens with zero attached hydrogens (tertiary/aromatic N) is 2. The monoisotopic (exact) mass is 1020 g/mol. The summed E-state index contributed by atoms with van der Waals surface area (Å²) in [5, 5.41) is 8.14. The van der Waals surface area contributed by atoms with Crippen LogP contribution in [-0.4, -0.2) is 0 Å². The second-order valence-electron chi connectivity index (χ2n) is 24.5. The van der Waals surface area contributed by atoms with Crippen molar-refractivity contribution in [2.75, 3.05) is 9.80 Å². The molecule has 0 aromatic heterocycles. The number of ether oxygens (including phenoxy) is 4. The molecule has 72 heavy (non-hydrogen) atoms. The van der Waals surface area contributed by atoms with Gasteiger partial charge < -0.3 is 28.7 Å². The molecule has 2 unspecified atom stereocenters. The molecule has 0 amide bonds. The van der Waals surface area contributed by atoms with E-state index in [2.05, 4.69) is 214 Å². The van der Waals surface area contributed by atoms with E-state index in [9.17, 15) is 0 Å². The summed E-state index contributed by atoms with van der Waals surface area (Å²) in [5.74, 6) is 6.24. The van der Waals surface area contributed by atoms with Gasteiger partial charge in [0, 0.05) is 22.1 Å². The minimum atomic E-state index is -2.89. The summed E-state index contributed by atoms with van der Waals surface area (Å²) >= 11 is 14.9. The van der Waals surface area contributed by atoms with Gasteiger partial charge >= 0.3 is 0 Å². The number of anilines is 6. The van der Waals surface area contributed by atoms with Crippen molar-refractivity contribution < 1.29 is 18.9 Å². The molecule has 8 aromatic carbocycles. The Kier molecular flexibility index (Phi) is 8.73. The molecule has 0 fully saturated rings. The Morgan fingerprint density at radius 3 is 0.958 bits per heavy atom. The Balaban J connectivity index is 1.16. The van der Waals surface area contributed by atoms with E-state index in [0.717, 1.165) is 134 Å². The summed E-state index contributed by atoms with van der Waals surface area (Å²) in [6.07, 6.45) is 0. The second kappa shape index (κ2) is 14.0. The van der Waals surface area contributed by atoms with Crippen molar-refractivity contribution in [1.29, 1.82) is 0 Å². The summed E-state index contributed by atoms with van der Waals surface area (Å²) in [7, 11) is 0. The van der Waals surface area contributed by atoms with Crippen molar-refractivity contribution in [3.8, 4) is 46.0 Å². The van der Waals surface area contributed by atoms with Crippen molar-refractivity contribution in [2.24, 2.45) is 0 Å². The van der Waals surface area contributed by atoms with E-state index in [0.29, 0.717) is 0 Å². The Morgan fingerprint density at radius 1 is 0.333 bits per heavy atom. The second-order valence-corrected chi connectivity index (χ2v) is 32.9. The molecule has 0 spiro atoms. The van der Waals surface area contributed by atoms with Crippen LogP contribution >= 0.6 is 12.1 Å². The van der Waals surface area contributed by atoms with Crippen LogP contribution < -0.4 is 60.6 Å². The van der Waals surface area contributed by atoms with Crippen LogP contribution in [0.4, 0.5) is 34.1 Å². The molecule has 360 valence electrons. The predicted octanol–water partition coefficient (Wildman–Crippen LogP) is 15.5. The first kappa shape index (κ1) is 44.8. The van der Waals surface area contributed by atoms with Crippen LogP contribution in [0.1, 0.15) is 105 Å². The zero-order valence-corrected chi connectivity index (χ0v) is 46.2. The lowest BCUT2D eigenvalue weighted by molar-refractivity contribution is 0.459. The van der Waals surface area contributed by atoms with Crippen LogP contribution in [0.2, 0.25) is 0 Å². The highest BCUT2D eigenvalue weighted by molar-refractivity contribution is 8.26. The van der Waals surface area contributed by atoms with Crippen LogP contribution in [-0.2, 0) is 45.3 Å². The predicted molar refractivity (Wildman–Crippen MR) is 308 cm³/mol. The molecule has 8 aromatic rings.